The average Bonchev–Trinajstić information content (AvgIpc) is 2.65. The maximum Gasteiger partial charge on any atom is 0.330 e. The fourth-order valence-corrected chi connectivity index (χ4v) is 1.82. The van der Waals surface area contributed by atoms with Crippen molar-refractivity contribution < 1.29 is 14.2 Å². The highest BCUT2D eigenvalue weighted by Gasteiger charge is 2.36. The summed E-state index contributed by atoms with van der Waals surface area (Å²) in [5.74, 6) is 0. The van der Waals surface area contributed by atoms with Crippen molar-refractivity contribution in [2.45, 2.75) is 31.8 Å². The number of nitrogens with zero attached hydrogens (tertiary/aromatic N) is 1. The average molecular weight is 244 g/mol. The number of aromatic nitrogens is 2. The fourth-order valence-electron chi connectivity index (χ4n) is 1.82. The van der Waals surface area contributed by atoms with Crippen molar-refractivity contribution in [1.82, 2.24) is 9.55 Å². The Kier molecular flexibility index (Phi) is 3.12. The number of aryl methyl sites for hydroxylation is 1. The van der Waals surface area contributed by atoms with Gasteiger partial charge in [-0.05, 0) is 6.92 Å². The molecule has 1 aromatic rings. The first kappa shape index (κ1) is 12.0. The molecule has 2 rings (SSSR count). The monoisotopic (exact) mass is 244 g/mol. The van der Waals surface area contributed by atoms with E-state index in [0.29, 0.717) is 5.56 Å². The predicted molar refractivity (Wildman–Crippen MR) is 56.6 cm³/mol. The van der Waals surface area contributed by atoms with E-state index in [4.69, 9.17) is 9.84 Å². The summed E-state index contributed by atoms with van der Waals surface area (Å²) in [6, 6.07) is 0. The first-order valence-corrected chi connectivity index (χ1v) is 5.25. The zero-order valence-electron chi connectivity index (χ0n) is 9.22. The molecule has 0 aliphatic carbocycles. The molecule has 17 heavy (non-hydrogen) atoms. The lowest BCUT2D eigenvalue weighted by molar-refractivity contribution is -0.0356. The highest BCUT2D eigenvalue weighted by molar-refractivity contribution is 5.02. The zero-order valence-corrected chi connectivity index (χ0v) is 9.22. The Morgan fingerprint density at radius 2 is 2.35 bits per heavy atom. The second kappa shape index (κ2) is 4.42. The van der Waals surface area contributed by atoms with Crippen LogP contribution in [0.1, 0.15) is 18.2 Å². The Morgan fingerprint density at radius 1 is 1.65 bits per heavy atom. The molecule has 94 valence electrons. The summed E-state index contributed by atoms with van der Waals surface area (Å²) in [5.41, 5.74) is -0.771. The molecule has 1 fully saturated rings. The number of aromatic amines is 1. The van der Waals surface area contributed by atoms with Crippen LogP contribution in [0.15, 0.2) is 15.8 Å². The van der Waals surface area contributed by atoms with Crippen molar-refractivity contribution in [3.05, 3.63) is 32.6 Å². The van der Waals surface area contributed by atoms with Gasteiger partial charge in [-0.2, -0.15) is 0 Å². The van der Waals surface area contributed by atoms with Gasteiger partial charge in [-0.3, -0.25) is 14.3 Å². The second-order valence-corrected chi connectivity index (χ2v) is 4.04. The smallest absolute Gasteiger partial charge is 0.330 e. The van der Waals surface area contributed by atoms with Crippen molar-refractivity contribution in [2.24, 2.45) is 0 Å². The first-order valence-electron chi connectivity index (χ1n) is 5.25. The van der Waals surface area contributed by atoms with Crippen LogP contribution >= 0.6 is 0 Å². The molecule has 2 heterocycles. The third-order valence-corrected chi connectivity index (χ3v) is 2.80. The van der Waals surface area contributed by atoms with E-state index in [1.165, 1.54) is 6.20 Å². The van der Waals surface area contributed by atoms with Gasteiger partial charge in [0.05, 0.1) is 6.61 Å². The van der Waals surface area contributed by atoms with Crippen LogP contribution in [0.5, 0.6) is 0 Å². The number of alkyl halides is 1. The maximum absolute atomic E-state index is 13.4. The minimum Gasteiger partial charge on any atom is -0.394 e. The standard InChI is InChI=1S/C10H13FN2O4/c1-5-3-13(10(16)12-9(5)15)8-2-6(11)7(4-14)17-8/h3,6-8,14H,2,4H2,1H3,(H,12,15,16)/t6-,7?,8+/m0/s1. The van der Waals surface area contributed by atoms with Crippen LogP contribution in [0.2, 0.25) is 0 Å². The number of aliphatic hydroxyl groups is 1. The van der Waals surface area contributed by atoms with Gasteiger partial charge in [-0.1, -0.05) is 0 Å². The van der Waals surface area contributed by atoms with E-state index >= 15 is 0 Å². The quantitative estimate of drug-likeness (QED) is 0.732. The van der Waals surface area contributed by atoms with Crippen LogP contribution in [-0.2, 0) is 4.74 Å². The lowest BCUT2D eigenvalue weighted by Gasteiger charge is -2.14. The summed E-state index contributed by atoms with van der Waals surface area (Å²) < 4.78 is 19.7. The largest absolute Gasteiger partial charge is 0.394 e. The predicted octanol–water partition coefficient (Wildman–Crippen LogP) is -0.537. The molecule has 1 aliphatic rings. The van der Waals surface area contributed by atoms with Crippen molar-refractivity contribution >= 4 is 0 Å². The Morgan fingerprint density at radius 3 is 2.94 bits per heavy atom. The fraction of sp³-hybridized carbons (Fsp3) is 0.600. The Hall–Kier alpha value is -1.47. The van der Waals surface area contributed by atoms with Crippen molar-refractivity contribution in [2.75, 3.05) is 6.61 Å². The number of hydrogen-bond acceptors (Lipinski definition) is 4. The molecule has 0 aromatic carbocycles. The minimum absolute atomic E-state index is 0.0172. The van der Waals surface area contributed by atoms with Gasteiger partial charge >= 0.3 is 5.69 Å². The molecule has 0 bridgehead atoms. The number of nitrogens with one attached hydrogen (secondary N) is 1. The molecule has 1 unspecified atom stereocenters. The number of ether oxygens (including phenoxy) is 1. The van der Waals surface area contributed by atoms with Crippen molar-refractivity contribution in [1.29, 1.82) is 0 Å². The Bertz CT molecular complexity index is 524. The molecule has 7 heteroatoms. The zero-order chi connectivity index (χ0) is 12.6. The van der Waals surface area contributed by atoms with Crippen LogP contribution in [-0.4, -0.2) is 33.5 Å². The highest BCUT2D eigenvalue weighted by Crippen LogP contribution is 2.29. The molecule has 1 aromatic heterocycles. The van der Waals surface area contributed by atoms with Gasteiger partial charge in [0.1, 0.15) is 18.5 Å². The van der Waals surface area contributed by atoms with Gasteiger partial charge < -0.3 is 9.84 Å². The van der Waals surface area contributed by atoms with Gasteiger partial charge in [-0.15, -0.1) is 0 Å². The lowest BCUT2D eigenvalue weighted by Crippen LogP contribution is -2.33. The van der Waals surface area contributed by atoms with E-state index in [0.717, 1.165) is 4.57 Å². The van der Waals surface area contributed by atoms with Crippen LogP contribution < -0.4 is 11.2 Å². The van der Waals surface area contributed by atoms with Crippen LogP contribution in [0, 0.1) is 6.92 Å². The summed E-state index contributed by atoms with van der Waals surface area (Å²) in [7, 11) is 0. The van der Waals surface area contributed by atoms with Crippen molar-refractivity contribution in [3.8, 4) is 0 Å². The molecule has 0 spiro atoms. The van der Waals surface area contributed by atoms with Crippen molar-refractivity contribution in [3.63, 3.8) is 0 Å². The Labute approximate surface area is 95.7 Å². The van der Waals surface area contributed by atoms with E-state index < -0.39 is 36.4 Å². The summed E-state index contributed by atoms with van der Waals surface area (Å²) in [5, 5.41) is 8.86. The second-order valence-electron chi connectivity index (χ2n) is 4.04. The lowest BCUT2D eigenvalue weighted by atomic mass is 10.2. The summed E-state index contributed by atoms with van der Waals surface area (Å²) in [6.07, 6.45) is -1.71. The third-order valence-electron chi connectivity index (χ3n) is 2.80. The third kappa shape index (κ3) is 2.16. The van der Waals surface area contributed by atoms with E-state index in [-0.39, 0.29) is 6.42 Å². The first-order chi connectivity index (χ1) is 8.02. The molecule has 2 N–H and O–H groups in total. The molecule has 3 atom stereocenters. The normalized spacial score (nSPS) is 28.5. The molecule has 1 aliphatic heterocycles. The SMILES string of the molecule is Cc1cn([C@H]2C[C@H](F)C(CO)O2)c(=O)[nH]c1=O. The topological polar surface area (TPSA) is 84.3 Å². The molecule has 1 saturated heterocycles. The number of hydrogen-bond donors (Lipinski definition) is 2. The highest BCUT2D eigenvalue weighted by atomic mass is 19.1. The number of rotatable bonds is 2. The maximum atomic E-state index is 13.4. The van der Waals surface area contributed by atoms with Gasteiger partial charge in [0.2, 0.25) is 0 Å². The van der Waals surface area contributed by atoms with E-state index in [1.54, 1.807) is 6.92 Å². The number of aliphatic hydroxyl groups excluding tert-OH is 1. The van der Waals surface area contributed by atoms with Crippen LogP contribution in [0.4, 0.5) is 4.39 Å². The summed E-state index contributed by atoms with van der Waals surface area (Å²) in [4.78, 5) is 24.8. The van der Waals surface area contributed by atoms with E-state index in [2.05, 4.69) is 4.98 Å². The van der Waals surface area contributed by atoms with Gasteiger partial charge in [0.15, 0.2) is 0 Å². The van der Waals surface area contributed by atoms with Gasteiger partial charge in [-0.25, -0.2) is 9.18 Å². The number of halogens is 1. The summed E-state index contributed by atoms with van der Waals surface area (Å²) >= 11 is 0. The summed E-state index contributed by atoms with van der Waals surface area (Å²) in [6.45, 7) is 1.11. The molecule has 0 saturated carbocycles. The van der Waals surface area contributed by atoms with Crippen LogP contribution in [0.3, 0.4) is 0 Å². The van der Waals surface area contributed by atoms with Gasteiger partial charge in [0, 0.05) is 18.2 Å². The minimum atomic E-state index is -1.32. The van der Waals surface area contributed by atoms with Gasteiger partial charge in [0.25, 0.3) is 5.56 Å². The molecular weight excluding hydrogens is 231 g/mol. The van der Waals surface area contributed by atoms with E-state index in [9.17, 15) is 14.0 Å². The molecule has 0 radical (unpaired) electrons. The Balaban J connectivity index is 2.34. The van der Waals surface area contributed by atoms with E-state index in [1.807, 2.05) is 0 Å². The number of H-pyrrole nitrogens is 1. The molecular formula is C10H13FN2O4. The molecule has 6 nitrogen and oxygen atoms in total. The van der Waals surface area contributed by atoms with Crippen LogP contribution in [0.25, 0.3) is 0 Å². The molecule has 0 amide bonds.